The van der Waals surface area contributed by atoms with E-state index in [1.165, 1.54) is 12.3 Å². The van der Waals surface area contributed by atoms with Gasteiger partial charge in [-0.1, -0.05) is 0 Å². The minimum absolute atomic E-state index is 0.0797. The summed E-state index contributed by atoms with van der Waals surface area (Å²) in [6.45, 7) is 1.31. The number of aromatic nitrogens is 3. The molecule has 0 N–H and O–H groups in total. The number of hydrogen-bond donors (Lipinski definition) is 0. The predicted molar refractivity (Wildman–Crippen MR) is 89.8 cm³/mol. The number of imidazole rings is 1. The van der Waals surface area contributed by atoms with Gasteiger partial charge in [-0.05, 0) is 25.0 Å². The molecule has 9 heteroatoms. The van der Waals surface area contributed by atoms with Crippen LogP contribution in [0.5, 0.6) is 0 Å². The lowest BCUT2D eigenvalue weighted by atomic mass is 10.0. The van der Waals surface area contributed by atoms with E-state index in [-0.39, 0.29) is 11.9 Å². The third-order valence-corrected chi connectivity index (χ3v) is 4.77. The topological polar surface area (TPSA) is 54.3 Å². The van der Waals surface area contributed by atoms with Crippen molar-refractivity contribution < 1.29 is 18.0 Å². The normalized spacial score (nSPS) is 16.0. The molecule has 0 radical (unpaired) electrons. The van der Waals surface area contributed by atoms with Gasteiger partial charge in [-0.25, -0.2) is 9.97 Å². The van der Waals surface area contributed by atoms with Crippen LogP contribution in [0.15, 0.2) is 30.9 Å². The van der Waals surface area contributed by atoms with Gasteiger partial charge in [-0.2, -0.15) is 13.2 Å². The first-order chi connectivity index (χ1) is 12.3. The second kappa shape index (κ2) is 6.97. The molecule has 26 heavy (non-hydrogen) atoms. The fourth-order valence-electron chi connectivity index (χ4n) is 3.16. The zero-order valence-electron chi connectivity index (χ0n) is 14.6. The molecule has 0 aromatic carbocycles. The van der Waals surface area contributed by atoms with E-state index in [4.69, 9.17) is 0 Å². The number of aryl methyl sites for hydroxylation is 1. The number of anilines is 1. The molecule has 0 atom stereocenters. The van der Waals surface area contributed by atoms with Crippen molar-refractivity contribution in [3.8, 4) is 0 Å². The molecule has 0 saturated carbocycles. The summed E-state index contributed by atoms with van der Waals surface area (Å²) in [5.74, 6) is -0.0837. The highest BCUT2D eigenvalue weighted by Crippen LogP contribution is 2.29. The van der Waals surface area contributed by atoms with Gasteiger partial charge in [-0.15, -0.1) is 0 Å². The SMILES string of the molecule is CN(C(=O)c1cncn1C)C1CCN(c2ccc(C(F)(F)F)nc2)CC1. The van der Waals surface area contributed by atoms with E-state index < -0.39 is 11.9 Å². The van der Waals surface area contributed by atoms with Crippen LogP contribution in [-0.4, -0.2) is 51.5 Å². The Morgan fingerprint density at radius 2 is 1.92 bits per heavy atom. The third-order valence-electron chi connectivity index (χ3n) is 4.77. The number of halogens is 3. The van der Waals surface area contributed by atoms with E-state index in [0.29, 0.717) is 24.5 Å². The van der Waals surface area contributed by atoms with E-state index in [2.05, 4.69) is 9.97 Å². The van der Waals surface area contributed by atoms with Gasteiger partial charge in [0.2, 0.25) is 0 Å². The van der Waals surface area contributed by atoms with Crippen LogP contribution in [0.1, 0.15) is 29.0 Å². The van der Waals surface area contributed by atoms with Gasteiger partial charge in [0, 0.05) is 33.2 Å². The number of piperidine rings is 1. The molecular weight excluding hydrogens is 347 g/mol. The molecule has 140 valence electrons. The molecule has 2 aromatic heterocycles. The molecule has 6 nitrogen and oxygen atoms in total. The number of alkyl halides is 3. The first kappa shape index (κ1) is 18.2. The van der Waals surface area contributed by atoms with Gasteiger partial charge in [0.15, 0.2) is 0 Å². The zero-order valence-corrected chi connectivity index (χ0v) is 14.6. The smallest absolute Gasteiger partial charge is 0.370 e. The van der Waals surface area contributed by atoms with Crippen molar-refractivity contribution in [1.82, 2.24) is 19.4 Å². The lowest BCUT2D eigenvalue weighted by Crippen LogP contribution is -2.46. The predicted octanol–water partition coefficient (Wildman–Crippen LogP) is 2.57. The number of amides is 1. The minimum atomic E-state index is -4.43. The molecule has 1 aliphatic rings. The summed E-state index contributed by atoms with van der Waals surface area (Å²) in [6, 6.07) is 2.52. The lowest BCUT2D eigenvalue weighted by molar-refractivity contribution is -0.141. The maximum absolute atomic E-state index is 12.6. The van der Waals surface area contributed by atoms with Gasteiger partial charge < -0.3 is 14.4 Å². The average Bonchev–Trinajstić information content (AvgIpc) is 3.06. The van der Waals surface area contributed by atoms with E-state index >= 15 is 0 Å². The van der Waals surface area contributed by atoms with Gasteiger partial charge >= 0.3 is 6.18 Å². The summed E-state index contributed by atoms with van der Waals surface area (Å²) in [7, 11) is 3.55. The molecule has 3 rings (SSSR count). The second-order valence-electron chi connectivity index (χ2n) is 6.42. The summed E-state index contributed by atoms with van der Waals surface area (Å²) in [5.41, 5.74) is 0.302. The standard InChI is InChI=1S/C17H20F3N5O/c1-23-11-21-10-14(23)16(26)24(2)12-5-7-25(8-6-12)13-3-4-15(22-9-13)17(18,19)20/h3-4,9-12H,5-8H2,1-2H3. The first-order valence-corrected chi connectivity index (χ1v) is 8.29. The highest BCUT2D eigenvalue weighted by atomic mass is 19.4. The van der Waals surface area contributed by atoms with Crippen LogP contribution < -0.4 is 4.90 Å². The van der Waals surface area contributed by atoms with Crippen LogP contribution in [0.4, 0.5) is 18.9 Å². The Kier molecular flexibility index (Phi) is 4.88. The maximum atomic E-state index is 12.6. The largest absolute Gasteiger partial charge is 0.433 e. The molecule has 1 saturated heterocycles. The van der Waals surface area contributed by atoms with Crippen molar-refractivity contribution in [2.75, 3.05) is 25.0 Å². The Morgan fingerprint density at radius 3 is 2.42 bits per heavy atom. The number of carbonyl (C=O) groups is 1. The number of nitrogens with zero attached hydrogens (tertiary/aromatic N) is 5. The summed E-state index contributed by atoms with van der Waals surface area (Å²) >= 11 is 0. The molecule has 3 heterocycles. The quantitative estimate of drug-likeness (QED) is 0.837. The van der Waals surface area contributed by atoms with E-state index in [0.717, 1.165) is 18.9 Å². The minimum Gasteiger partial charge on any atom is -0.370 e. The summed E-state index contributed by atoms with van der Waals surface area (Å²) in [5, 5.41) is 0. The highest BCUT2D eigenvalue weighted by molar-refractivity contribution is 5.92. The molecule has 0 spiro atoms. The first-order valence-electron chi connectivity index (χ1n) is 8.29. The zero-order chi connectivity index (χ0) is 18.9. The number of rotatable bonds is 3. The van der Waals surface area contributed by atoms with E-state index in [1.807, 2.05) is 4.90 Å². The van der Waals surface area contributed by atoms with Crippen LogP contribution in [0.3, 0.4) is 0 Å². The monoisotopic (exact) mass is 367 g/mol. The van der Waals surface area contributed by atoms with Crippen molar-refractivity contribution >= 4 is 11.6 Å². The van der Waals surface area contributed by atoms with Crippen molar-refractivity contribution in [1.29, 1.82) is 0 Å². The Balaban J connectivity index is 1.60. The Hall–Kier alpha value is -2.58. The van der Waals surface area contributed by atoms with Crippen molar-refractivity contribution in [3.05, 3.63) is 42.2 Å². The molecule has 2 aromatic rings. The molecule has 1 fully saturated rings. The highest BCUT2D eigenvalue weighted by Gasteiger charge is 2.32. The third kappa shape index (κ3) is 3.66. The molecule has 0 aliphatic carbocycles. The van der Waals surface area contributed by atoms with Crippen LogP contribution >= 0.6 is 0 Å². The molecule has 1 aliphatic heterocycles. The Bertz CT molecular complexity index is 763. The molecular formula is C17H20F3N5O. The molecule has 0 unspecified atom stereocenters. The lowest BCUT2D eigenvalue weighted by Gasteiger charge is -2.37. The maximum Gasteiger partial charge on any atom is 0.433 e. The number of pyridine rings is 1. The average molecular weight is 367 g/mol. The summed E-state index contributed by atoms with van der Waals surface area (Å²) in [4.78, 5) is 23.7. The van der Waals surface area contributed by atoms with E-state index in [1.54, 1.807) is 36.1 Å². The van der Waals surface area contributed by atoms with Crippen molar-refractivity contribution in [3.63, 3.8) is 0 Å². The second-order valence-corrected chi connectivity index (χ2v) is 6.42. The number of carbonyl (C=O) groups excluding carboxylic acids is 1. The Labute approximate surface area is 149 Å². The summed E-state index contributed by atoms with van der Waals surface area (Å²) < 4.78 is 39.5. The van der Waals surface area contributed by atoms with Crippen LogP contribution in [0, 0.1) is 0 Å². The van der Waals surface area contributed by atoms with Gasteiger partial charge in [0.1, 0.15) is 11.4 Å². The molecule has 1 amide bonds. The molecule has 0 bridgehead atoms. The fraction of sp³-hybridized carbons (Fsp3) is 0.471. The van der Waals surface area contributed by atoms with E-state index in [9.17, 15) is 18.0 Å². The number of hydrogen-bond acceptors (Lipinski definition) is 4. The Morgan fingerprint density at radius 1 is 1.23 bits per heavy atom. The fourth-order valence-corrected chi connectivity index (χ4v) is 3.16. The van der Waals surface area contributed by atoms with Crippen molar-refractivity contribution in [2.45, 2.75) is 25.1 Å². The van der Waals surface area contributed by atoms with Gasteiger partial charge in [0.25, 0.3) is 5.91 Å². The van der Waals surface area contributed by atoms with Gasteiger partial charge in [0.05, 0.1) is 24.4 Å². The van der Waals surface area contributed by atoms with Crippen molar-refractivity contribution in [2.24, 2.45) is 7.05 Å². The van der Waals surface area contributed by atoms with Crippen LogP contribution in [-0.2, 0) is 13.2 Å². The van der Waals surface area contributed by atoms with Crippen LogP contribution in [0.2, 0.25) is 0 Å². The van der Waals surface area contributed by atoms with Gasteiger partial charge in [-0.3, -0.25) is 4.79 Å². The van der Waals surface area contributed by atoms with Crippen LogP contribution in [0.25, 0.3) is 0 Å². The summed E-state index contributed by atoms with van der Waals surface area (Å²) in [6.07, 6.45) is 1.43.